The molecule has 0 fully saturated rings. The van der Waals surface area contributed by atoms with E-state index in [9.17, 15) is 9.59 Å². The first-order valence-corrected chi connectivity index (χ1v) is 12.5. The predicted molar refractivity (Wildman–Crippen MR) is 147 cm³/mol. The third-order valence-corrected chi connectivity index (χ3v) is 6.51. The van der Waals surface area contributed by atoms with Crippen molar-refractivity contribution in [3.05, 3.63) is 99.0 Å². The zero-order valence-corrected chi connectivity index (χ0v) is 22.2. The minimum Gasteiger partial charge on any atom is -0.334 e. The molecule has 3 aromatic rings. The van der Waals surface area contributed by atoms with Gasteiger partial charge in [-0.3, -0.25) is 4.79 Å². The van der Waals surface area contributed by atoms with Crippen LogP contribution in [0.2, 0.25) is 10.0 Å². The van der Waals surface area contributed by atoms with Crippen molar-refractivity contribution in [1.82, 2.24) is 10.6 Å². The summed E-state index contributed by atoms with van der Waals surface area (Å²) in [4.78, 5) is 25.9. The summed E-state index contributed by atoms with van der Waals surface area (Å²) in [7, 11) is 0. The molecule has 0 bridgehead atoms. The van der Waals surface area contributed by atoms with E-state index >= 15 is 0 Å². The molecule has 0 aliphatic rings. The molecule has 190 valence electrons. The lowest BCUT2D eigenvalue weighted by atomic mass is 9.87. The highest BCUT2D eigenvalue weighted by Crippen LogP contribution is 2.24. The maximum atomic E-state index is 13.2. The van der Waals surface area contributed by atoms with Gasteiger partial charge in [-0.15, -0.1) is 0 Å². The number of amides is 3. The summed E-state index contributed by atoms with van der Waals surface area (Å²) < 4.78 is 0. The first-order valence-electron chi connectivity index (χ1n) is 11.7. The molecule has 1 atom stereocenters. The highest BCUT2D eigenvalue weighted by molar-refractivity contribution is 6.42. The summed E-state index contributed by atoms with van der Waals surface area (Å²) in [5.74, 6) is -0.314. The molecule has 0 aromatic heterocycles. The topological polar surface area (TPSA) is 96.2 Å². The average molecular weight is 527 g/mol. The van der Waals surface area contributed by atoms with Gasteiger partial charge in [-0.1, -0.05) is 86.4 Å². The Morgan fingerprint density at radius 3 is 2.06 bits per heavy atom. The maximum Gasteiger partial charge on any atom is 0.315 e. The second-order valence-electron chi connectivity index (χ2n) is 9.67. The molecule has 0 aliphatic carbocycles. The highest BCUT2D eigenvalue weighted by atomic mass is 35.5. The van der Waals surface area contributed by atoms with Crippen molar-refractivity contribution in [3.8, 4) is 0 Å². The minimum atomic E-state index is -0.801. The van der Waals surface area contributed by atoms with E-state index in [1.54, 1.807) is 18.2 Å². The number of halogens is 2. The van der Waals surface area contributed by atoms with Gasteiger partial charge in [0, 0.05) is 25.2 Å². The van der Waals surface area contributed by atoms with E-state index in [1.807, 2.05) is 48.5 Å². The second kappa shape index (κ2) is 12.3. The van der Waals surface area contributed by atoms with Gasteiger partial charge in [0.2, 0.25) is 5.91 Å². The summed E-state index contributed by atoms with van der Waals surface area (Å²) in [6.07, 6.45) is 0.316. The van der Waals surface area contributed by atoms with Gasteiger partial charge in [0.1, 0.15) is 6.04 Å². The van der Waals surface area contributed by atoms with E-state index in [1.165, 1.54) is 0 Å². The molecule has 0 unspecified atom stereocenters. The van der Waals surface area contributed by atoms with Gasteiger partial charge in [-0.25, -0.2) is 4.79 Å². The lowest BCUT2D eigenvalue weighted by Crippen LogP contribution is -2.49. The molecule has 0 aliphatic heterocycles. The fraction of sp³-hybridized carbons (Fsp3) is 0.286. The summed E-state index contributed by atoms with van der Waals surface area (Å²) in [5, 5.41) is 9.35. The summed E-state index contributed by atoms with van der Waals surface area (Å²) >= 11 is 12.0. The van der Waals surface area contributed by atoms with Crippen molar-refractivity contribution in [2.45, 2.75) is 51.7 Å². The Kier molecular flexibility index (Phi) is 9.37. The van der Waals surface area contributed by atoms with Crippen molar-refractivity contribution in [1.29, 1.82) is 0 Å². The first kappa shape index (κ1) is 27.5. The van der Waals surface area contributed by atoms with Gasteiger partial charge in [-0.05, 0) is 51.9 Å². The minimum absolute atomic E-state index is 0.00866. The third-order valence-electron chi connectivity index (χ3n) is 5.78. The van der Waals surface area contributed by atoms with Crippen LogP contribution in [0.4, 0.5) is 10.5 Å². The zero-order chi connectivity index (χ0) is 26.3. The van der Waals surface area contributed by atoms with Crippen LogP contribution in [0.15, 0.2) is 66.7 Å². The average Bonchev–Trinajstić information content (AvgIpc) is 2.84. The fourth-order valence-corrected chi connectivity index (χ4v) is 3.90. The first-order chi connectivity index (χ1) is 17.0. The number of hydrogen-bond acceptors (Lipinski definition) is 3. The number of hydrogen-bond donors (Lipinski definition) is 4. The Bertz CT molecular complexity index is 1190. The standard InChI is InChI=1S/C28H32Cl2N4O2/c1-28(2,3)21-9-11-22(12-10-21)33-26(35)25(15-18-4-6-19(16-31)7-5-18)34-27(36)32-17-20-8-13-23(29)24(30)14-20/h4-14,25H,15-17,31H2,1-3H3,(H,33,35)(H2,32,34,36)/t25-/m0/s1. The zero-order valence-electron chi connectivity index (χ0n) is 20.7. The second-order valence-corrected chi connectivity index (χ2v) is 10.5. The van der Waals surface area contributed by atoms with Crippen molar-refractivity contribution in [2.75, 3.05) is 5.32 Å². The van der Waals surface area contributed by atoms with Gasteiger partial charge in [0.25, 0.3) is 0 Å². The Morgan fingerprint density at radius 2 is 1.47 bits per heavy atom. The van der Waals surface area contributed by atoms with E-state index < -0.39 is 12.1 Å². The van der Waals surface area contributed by atoms with Crippen LogP contribution >= 0.6 is 23.2 Å². The Balaban J connectivity index is 1.70. The summed E-state index contributed by atoms with van der Waals surface area (Å²) in [6.45, 7) is 7.06. The molecule has 8 heteroatoms. The molecule has 0 spiro atoms. The Labute approximate surface area is 222 Å². The van der Waals surface area contributed by atoms with Crippen LogP contribution in [-0.2, 0) is 29.7 Å². The lowest BCUT2D eigenvalue weighted by Gasteiger charge is -2.21. The molecule has 3 amide bonds. The number of carbonyl (C=O) groups is 2. The van der Waals surface area contributed by atoms with Crippen LogP contribution < -0.4 is 21.7 Å². The highest BCUT2D eigenvalue weighted by Gasteiger charge is 2.22. The molecule has 36 heavy (non-hydrogen) atoms. The van der Waals surface area contributed by atoms with E-state index in [-0.39, 0.29) is 17.9 Å². The number of anilines is 1. The van der Waals surface area contributed by atoms with Crippen molar-refractivity contribution >= 4 is 40.8 Å². The molecule has 6 nitrogen and oxygen atoms in total. The van der Waals surface area contributed by atoms with Crippen LogP contribution in [0.5, 0.6) is 0 Å². The molecule has 5 N–H and O–H groups in total. The number of rotatable bonds is 8. The Hall–Kier alpha value is -3.06. The molecule has 0 radical (unpaired) electrons. The van der Waals surface area contributed by atoms with Gasteiger partial charge in [0.05, 0.1) is 10.0 Å². The molecule has 0 saturated carbocycles. The summed E-state index contributed by atoms with van der Waals surface area (Å²) in [5.41, 5.74) is 10.2. The number of nitrogens with two attached hydrogens (primary N) is 1. The molecular formula is C28H32Cl2N4O2. The third kappa shape index (κ3) is 7.98. The van der Waals surface area contributed by atoms with E-state index in [4.69, 9.17) is 28.9 Å². The van der Waals surface area contributed by atoms with E-state index in [2.05, 4.69) is 36.7 Å². The molecular weight excluding hydrogens is 495 g/mol. The number of benzene rings is 3. The summed E-state index contributed by atoms with van der Waals surface area (Å²) in [6, 6.07) is 19.3. The fourth-order valence-electron chi connectivity index (χ4n) is 3.58. The predicted octanol–water partition coefficient (Wildman–Crippen LogP) is 5.80. The van der Waals surface area contributed by atoms with E-state index in [0.29, 0.717) is 28.7 Å². The lowest BCUT2D eigenvalue weighted by molar-refractivity contribution is -0.117. The molecule has 0 saturated heterocycles. The monoisotopic (exact) mass is 526 g/mol. The van der Waals surface area contributed by atoms with Crippen LogP contribution in [-0.4, -0.2) is 18.0 Å². The SMILES string of the molecule is CC(C)(C)c1ccc(NC(=O)[C@H](Cc2ccc(CN)cc2)NC(=O)NCc2ccc(Cl)c(Cl)c2)cc1. The van der Waals surface area contributed by atoms with Gasteiger partial charge in [-0.2, -0.15) is 0 Å². The van der Waals surface area contributed by atoms with Crippen LogP contribution in [0.1, 0.15) is 43.0 Å². The van der Waals surface area contributed by atoms with E-state index in [0.717, 1.165) is 22.3 Å². The van der Waals surface area contributed by atoms with Crippen LogP contribution in [0.25, 0.3) is 0 Å². The molecule has 3 rings (SSSR count). The number of carbonyl (C=O) groups excluding carboxylic acids is 2. The number of nitrogens with one attached hydrogen (secondary N) is 3. The normalized spacial score (nSPS) is 12.1. The van der Waals surface area contributed by atoms with Crippen LogP contribution in [0, 0.1) is 0 Å². The number of urea groups is 1. The molecule has 3 aromatic carbocycles. The van der Waals surface area contributed by atoms with Gasteiger partial charge in [0.15, 0.2) is 0 Å². The smallest absolute Gasteiger partial charge is 0.315 e. The van der Waals surface area contributed by atoms with Gasteiger partial charge >= 0.3 is 6.03 Å². The molecule has 0 heterocycles. The van der Waals surface area contributed by atoms with Gasteiger partial charge < -0.3 is 21.7 Å². The maximum absolute atomic E-state index is 13.2. The van der Waals surface area contributed by atoms with Crippen molar-refractivity contribution in [2.24, 2.45) is 5.73 Å². The Morgan fingerprint density at radius 1 is 0.861 bits per heavy atom. The van der Waals surface area contributed by atoms with Crippen LogP contribution in [0.3, 0.4) is 0 Å². The van der Waals surface area contributed by atoms with Crippen molar-refractivity contribution in [3.63, 3.8) is 0 Å². The largest absolute Gasteiger partial charge is 0.334 e. The van der Waals surface area contributed by atoms with Crippen molar-refractivity contribution < 1.29 is 9.59 Å². The quantitative estimate of drug-likeness (QED) is 0.298.